The first-order valence-corrected chi connectivity index (χ1v) is 11.8. The van der Waals surface area contributed by atoms with Gasteiger partial charge in [0, 0.05) is 38.0 Å². The molecular weight excluding hydrogens is 416 g/mol. The Labute approximate surface area is 189 Å². The molecule has 2 bridgehead atoms. The third-order valence-electron chi connectivity index (χ3n) is 8.37. The van der Waals surface area contributed by atoms with Crippen LogP contribution in [-0.4, -0.2) is 69.5 Å². The van der Waals surface area contributed by atoms with Crippen molar-refractivity contribution in [2.75, 3.05) is 0 Å². The molecule has 0 aromatic rings. The van der Waals surface area contributed by atoms with E-state index in [1.807, 2.05) is 6.92 Å². The van der Waals surface area contributed by atoms with E-state index in [9.17, 15) is 19.8 Å². The van der Waals surface area contributed by atoms with Crippen molar-refractivity contribution >= 4 is 11.9 Å². The smallest absolute Gasteiger partial charge is 0.303 e. The van der Waals surface area contributed by atoms with Gasteiger partial charge in [-0.2, -0.15) is 0 Å². The van der Waals surface area contributed by atoms with E-state index < -0.39 is 47.2 Å². The quantitative estimate of drug-likeness (QED) is 0.491. The summed E-state index contributed by atoms with van der Waals surface area (Å²) in [6.45, 7) is 12.4. The molecule has 4 aliphatic rings. The Bertz CT molecular complexity index is 776. The predicted octanol–water partition coefficient (Wildman–Crippen LogP) is 1.98. The van der Waals surface area contributed by atoms with Crippen molar-refractivity contribution in [1.29, 1.82) is 0 Å². The Morgan fingerprint density at radius 1 is 1.00 bits per heavy atom. The van der Waals surface area contributed by atoms with Crippen molar-refractivity contribution in [2.24, 2.45) is 23.7 Å². The van der Waals surface area contributed by atoms with Gasteiger partial charge in [0.2, 0.25) is 0 Å². The van der Waals surface area contributed by atoms with Gasteiger partial charge < -0.3 is 29.2 Å². The molecule has 0 radical (unpaired) electrons. The summed E-state index contributed by atoms with van der Waals surface area (Å²) in [5.74, 6) is -0.894. The summed E-state index contributed by atoms with van der Waals surface area (Å²) < 4.78 is 24.0. The van der Waals surface area contributed by atoms with E-state index in [-0.39, 0.29) is 42.2 Å². The molecule has 8 nitrogen and oxygen atoms in total. The molecule has 3 saturated heterocycles. The fraction of sp³-hybridized carbons (Fsp3) is 0.917. The second-order valence-corrected chi connectivity index (χ2v) is 11.4. The maximum Gasteiger partial charge on any atom is 0.303 e. The fourth-order valence-electron chi connectivity index (χ4n) is 7.01. The maximum absolute atomic E-state index is 11.9. The van der Waals surface area contributed by atoms with Gasteiger partial charge in [-0.1, -0.05) is 13.8 Å². The maximum atomic E-state index is 11.9. The third kappa shape index (κ3) is 3.77. The molecule has 0 spiro atoms. The summed E-state index contributed by atoms with van der Waals surface area (Å²) in [6, 6.07) is 0. The summed E-state index contributed by atoms with van der Waals surface area (Å²) in [5.41, 5.74) is -3.11. The van der Waals surface area contributed by atoms with Gasteiger partial charge in [0.05, 0.1) is 17.8 Å². The van der Waals surface area contributed by atoms with E-state index in [2.05, 4.69) is 13.8 Å². The molecule has 0 aromatic carbocycles. The Morgan fingerprint density at radius 2 is 1.62 bits per heavy atom. The largest absolute Gasteiger partial charge is 0.460 e. The Morgan fingerprint density at radius 3 is 2.19 bits per heavy atom. The van der Waals surface area contributed by atoms with E-state index in [0.717, 1.165) is 0 Å². The number of fused-ring (bicyclic) bond motifs is 7. The second-order valence-electron chi connectivity index (χ2n) is 11.4. The molecule has 2 N–H and O–H groups in total. The molecule has 3 heterocycles. The fourth-order valence-corrected chi connectivity index (χ4v) is 7.01. The van der Waals surface area contributed by atoms with Crippen LogP contribution in [0.1, 0.15) is 67.7 Å². The summed E-state index contributed by atoms with van der Waals surface area (Å²) in [6.07, 6.45) is -1.42. The first-order valence-electron chi connectivity index (χ1n) is 11.8. The van der Waals surface area contributed by atoms with Gasteiger partial charge in [-0.25, -0.2) is 0 Å². The molecule has 4 fully saturated rings. The lowest BCUT2D eigenvalue weighted by Crippen LogP contribution is -2.58. The minimum atomic E-state index is -1.32. The summed E-state index contributed by atoms with van der Waals surface area (Å²) in [4.78, 5) is 23.6. The highest BCUT2D eigenvalue weighted by Crippen LogP contribution is 2.64. The number of hydrogen-bond acceptors (Lipinski definition) is 8. The number of epoxide rings is 1. The van der Waals surface area contributed by atoms with Crippen LogP contribution in [-0.2, 0) is 28.5 Å². The lowest BCUT2D eigenvalue weighted by atomic mass is 9.57. The molecule has 0 aromatic heterocycles. The lowest BCUT2D eigenvalue weighted by molar-refractivity contribution is -0.167. The number of rotatable bonds is 3. The molecule has 0 amide bonds. The molecule has 1 saturated carbocycles. The van der Waals surface area contributed by atoms with Crippen LogP contribution >= 0.6 is 0 Å². The van der Waals surface area contributed by atoms with Crippen molar-refractivity contribution in [1.82, 2.24) is 0 Å². The monoisotopic (exact) mass is 454 g/mol. The highest BCUT2D eigenvalue weighted by atomic mass is 16.7. The van der Waals surface area contributed by atoms with Crippen molar-refractivity contribution in [3.8, 4) is 0 Å². The molecule has 182 valence electrons. The highest BCUT2D eigenvalue weighted by Gasteiger charge is 2.76. The molecular formula is C24H38O8. The Kier molecular flexibility index (Phi) is 5.72. The molecule has 0 unspecified atom stereocenters. The van der Waals surface area contributed by atoms with Crippen LogP contribution < -0.4 is 0 Å². The van der Waals surface area contributed by atoms with Gasteiger partial charge in [0.1, 0.15) is 29.5 Å². The second kappa shape index (κ2) is 7.65. The van der Waals surface area contributed by atoms with Gasteiger partial charge in [0.25, 0.3) is 0 Å². The van der Waals surface area contributed by atoms with Gasteiger partial charge in [-0.15, -0.1) is 0 Å². The van der Waals surface area contributed by atoms with Crippen LogP contribution in [0.25, 0.3) is 0 Å². The van der Waals surface area contributed by atoms with Crippen molar-refractivity contribution in [2.45, 2.75) is 115 Å². The Hall–Kier alpha value is -1.22. The minimum absolute atomic E-state index is 0.0559. The minimum Gasteiger partial charge on any atom is -0.460 e. The van der Waals surface area contributed by atoms with E-state index in [0.29, 0.717) is 12.8 Å². The highest BCUT2D eigenvalue weighted by molar-refractivity contribution is 5.66. The summed E-state index contributed by atoms with van der Waals surface area (Å²) in [5, 5.41) is 23.0. The normalized spacial score (nSPS) is 52.2. The lowest BCUT2D eigenvalue weighted by Gasteiger charge is -2.47. The molecule has 8 heteroatoms. The number of esters is 2. The zero-order valence-corrected chi connectivity index (χ0v) is 20.2. The first-order chi connectivity index (χ1) is 14.7. The molecule has 4 rings (SSSR count). The van der Waals surface area contributed by atoms with E-state index in [1.54, 1.807) is 13.8 Å². The van der Waals surface area contributed by atoms with Crippen LogP contribution in [0.5, 0.6) is 0 Å². The zero-order chi connectivity index (χ0) is 23.8. The zero-order valence-electron chi connectivity index (χ0n) is 20.2. The first kappa shape index (κ1) is 23.9. The number of carbonyl (C=O) groups is 2. The SMILES string of the molecule is CC(=O)O[C@H]1[C@H](C(C)C)[C@@H]2[C@@H]([C@H]3C[C@](C)(O)[C@@H](OC(C)=O)CC[C@](C)(O)[C@@H]2O3)[C@@]2(C)O[C@@H]12. The van der Waals surface area contributed by atoms with Crippen LogP contribution in [0.15, 0.2) is 0 Å². The van der Waals surface area contributed by atoms with E-state index in [1.165, 1.54) is 13.8 Å². The van der Waals surface area contributed by atoms with E-state index in [4.69, 9.17) is 18.9 Å². The van der Waals surface area contributed by atoms with Crippen molar-refractivity contribution in [3.05, 3.63) is 0 Å². The Balaban J connectivity index is 1.76. The molecule has 3 aliphatic heterocycles. The number of ether oxygens (including phenoxy) is 4. The number of aliphatic hydroxyl groups is 2. The summed E-state index contributed by atoms with van der Waals surface area (Å²) >= 11 is 0. The average Bonchev–Trinajstić information content (AvgIpc) is 3.18. The number of hydrogen-bond donors (Lipinski definition) is 2. The average molecular weight is 455 g/mol. The van der Waals surface area contributed by atoms with E-state index >= 15 is 0 Å². The molecule has 1 aliphatic carbocycles. The van der Waals surface area contributed by atoms with Gasteiger partial charge in [0.15, 0.2) is 0 Å². The van der Waals surface area contributed by atoms with Gasteiger partial charge >= 0.3 is 11.9 Å². The number of carbonyl (C=O) groups excluding carboxylic acids is 2. The van der Waals surface area contributed by atoms with Crippen molar-refractivity contribution in [3.63, 3.8) is 0 Å². The van der Waals surface area contributed by atoms with Gasteiger partial charge in [-0.05, 0) is 39.5 Å². The van der Waals surface area contributed by atoms with Crippen LogP contribution in [0.2, 0.25) is 0 Å². The van der Waals surface area contributed by atoms with Crippen LogP contribution in [0.3, 0.4) is 0 Å². The van der Waals surface area contributed by atoms with Crippen LogP contribution in [0, 0.1) is 23.7 Å². The van der Waals surface area contributed by atoms with Crippen molar-refractivity contribution < 1.29 is 38.7 Å². The summed E-state index contributed by atoms with van der Waals surface area (Å²) in [7, 11) is 0. The molecule has 11 atom stereocenters. The standard InChI is InChI=1S/C24H38O8/c1-11(2)16-17-18(24(7)21(32-24)19(16)30-13(4)26)14-10-23(6,28)15(29-12(3)25)8-9-22(5,27)20(17)31-14/h11,14-21,27-28H,8-10H2,1-7H3/t14-,15+,16-,17-,18-,19+,20-,21+,22+,23+,24-/m1/s1. The van der Waals surface area contributed by atoms with Crippen LogP contribution in [0.4, 0.5) is 0 Å². The third-order valence-corrected chi connectivity index (χ3v) is 8.37. The topological polar surface area (TPSA) is 115 Å². The molecule has 32 heavy (non-hydrogen) atoms. The predicted molar refractivity (Wildman–Crippen MR) is 113 cm³/mol. The van der Waals surface area contributed by atoms with Gasteiger partial charge in [-0.3, -0.25) is 9.59 Å².